The van der Waals surface area contributed by atoms with Gasteiger partial charge in [0, 0.05) is 28.4 Å². The number of nitrogens with zero attached hydrogens (tertiary/aromatic N) is 2. The minimum absolute atomic E-state index is 0.211. The van der Waals surface area contributed by atoms with Crippen molar-refractivity contribution in [3.63, 3.8) is 0 Å². The smallest absolute Gasteiger partial charge is 0.167 e. The zero-order valence-corrected chi connectivity index (χ0v) is 16.7. The minimum atomic E-state index is -1.22. The maximum absolute atomic E-state index is 14.9. The zero-order chi connectivity index (χ0) is 21.1. The number of halogens is 1. The summed E-state index contributed by atoms with van der Waals surface area (Å²) in [6, 6.07) is 16.0. The van der Waals surface area contributed by atoms with Gasteiger partial charge in [0.1, 0.15) is 11.9 Å². The molecule has 7 heteroatoms. The van der Waals surface area contributed by atoms with Crippen molar-refractivity contribution in [2.24, 2.45) is 10.9 Å². The number of aliphatic hydroxyl groups is 1. The molecule has 1 unspecified atom stereocenters. The van der Waals surface area contributed by atoms with Gasteiger partial charge in [-0.15, -0.1) is 11.3 Å². The van der Waals surface area contributed by atoms with Gasteiger partial charge in [-0.05, 0) is 46.8 Å². The van der Waals surface area contributed by atoms with Gasteiger partial charge < -0.3 is 16.3 Å². The van der Waals surface area contributed by atoms with Crippen molar-refractivity contribution in [3.8, 4) is 10.4 Å². The number of aromatic nitrogens is 1. The van der Waals surface area contributed by atoms with E-state index in [1.165, 1.54) is 23.6 Å². The highest BCUT2D eigenvalue weighted by atomic mass is 32.1. The van der Waals surface area contributed by atoms with Gasteiger partial charge in [-0.2, -0.15) is 5.10 Å². The molecule has 0 aliphatic carbocycles. The van der Waals surface area contributed by atoms with Gasteiger partial charge in [0.15, 0.2) is 5.84 Å². The minimum Gasteiger partial charge on any atom is -0.383 e. The summed E-state index contributed by atoms with van der Waals surface area (Å²) >= 11 is 1.39. The SMILES string of the molecule is C=CN/C(=N\N)c1sc(-c2ccncc2)cc1C(O)c1c(F)ccc2ccccc12. The number of benzene rings is 2. The molecule has 2 aromatic carbocycles. The Labute approximate surface area is 177 Å². The van der Waals surface area contributed by atoms with E-state index in [4.69, 9.17) is 5.84 Å². The van der Waals surface area contributed by atoms with E-state index in [1.54, 1.807) is 24.5 Å². The van der Waals surface area contributed by atoms with Crippen LogP contribution in [0.25, 0.3) is 21.2 Å². The molecule has 150 valence electrons. The third kappa shape index (κ3) is 3.56. The van der Waals surface area contributed by atoms with Crippen LogP contribution in [0, 0.1) is 5.82 Å². The van der Waals surface area contributed by atoms with Crippen LogP contribution < -0.4 is 11.2 Å². The highest BCUT2D eigenvalue weighted by Gasteiger charge is 2.25. The van der Waals surface area contributed by atoms with Crippen LogP contribution in [0.2, 0.25) is 0 Å². The van der Waals surface area contributed by atoms with Gasteiger partial charge in [0.05, 0.1) is 4.88 Å². The van der Waals surface area contributed by atoms with E-state index in [2.05, 4.69) is 22.0 Å². The lowest BCUT2D eigenvalue weighted by molar-refractivity contribution is 0.217. The molecule has 0 saturated heterocycles. The molecule has 0 amide bonds. The Kier molecular flexibility index (Phi) is 5.56. The summed E-state index contributed by atoms with van der Waals surface area (Å²) in [4.78, 5) is 5.52. The van der Waals surface area contributed by atoms with Gasteiger partial charge in [0.25, 0.3) is 0 Å². The lowest BCUT2D eigenvalue weighted by atomic mass is 9.95. The van der Waals surface area contributed by atoms with Crippen molar-refractivity contribution in [1.29, 1.82) is 0 Å². The van der Waals surface area contributed by atoms with Crippen LogP contribution in [0.15, 0.2) is 84.9 Å². The van der Waals surface area contributed by atoms with E-state index < -0.39 is 11.9 Å². The Morgan fingerprint density at radius 3 is 2.70 bits per heavy atom. The number of fused-ring (bicyclic) bond motifs is 1. The molecule has 0 saturated carbocycles. The molecule has 0 radical (unpaired) electrons. The van der Waals surface area contributed by atoms with Crippen molar-refractivity contribution >= 4 is 27.9 Å². The molecule has 4 aromatic rings. The first kappa shape index (κ1) is 19.8. The number of pyridine rings is 1. The largest absolute Gasteiger partial charge is 0.383 e. The number of hydrogen-bond acceptors (Lipinski definition) is 5. The fourth-order valence-corrected chi connectivity index (χ4v) is 4.57. The van der Waals surface area contributed by atoms with E-state index in [0.29, 0.717) is 21.7 Å². The van der Waals surface area contributed by atoms with E-state index in [-0.39, 0.29) is 5.56 Å². The molecular formula is C23H19FN4OS. The Morgan fingerprint density at radius 1 is 1.20 bits per heavy atom. The van der Waals surface area contributed by atoms with Gasteiger partial charge >= 0.3 is 0 Å². The Balaban J connectivity index is 1.92. The zero-order valence-electron chi connectivity index (χ0n) is 15.9. The maximum Gasteiger partial charge on any atom is 0.167 e. The second-order valence-corrected chi connectivity index (χ2v) is 7.59. The molecular weight excluding hydrogens is 399 g/mol. The number of rotatable bonds is 5. The van der Waals surface area contributed by atoms with E-state index in [0.717, 1.165) is 15.8 Å². The topological polar surface area (TPSA) is 83.5 Å². The molecule has 30 heavy (non-hydrogen) atoms. The van der Waals surface area contributed by atoms with Gasteiger partial charge in [-0.3, -0.25) is 4.98 Å². The highest BCUT2D eigenvalue weighted by molar-refractivity contribution is 7.17. The summed E-state index contributed by atoms with van der Waals surface area (Å²) in [7, 11) is 0. The fraction of sp³-hybridized carbons (Fsp3) is 0.0435. The molecule has 0 fully saturated rings. The summed E-state index contributed by atoms with van der Waals surface area (Å²) in [5.41, 5.74) is 1.63. The molecule has 1 atom stereocenters. The summed E-state index contributed by atoms with van der Waals surface area (Å²) in [5, 5.41) is 19.5. The highest BCUT2D eigenvalue weighted by Crippen LogP contribution is 2.39. The number of aliphatic hydroxyl groups excluding tert-OH is 1. The van der Waals surface area contributed by atoms with Crippen LogP contribution in [0.4, 0.5) is 4.39 Å². The number of hydrazone groups is 1. The predicted molar refractivity (Wildman–Crippen MR) is 120 cm³/mol. The lowest BCUT2D eigenvalue weighted by Gasteiger charge is -2.16. The van der Waals surface area contributed by atoms with Crippen molar-refractivity contribution < 1.29 is 9.50 Å². The molecule has 0 bridgehead atoms. The van der Waals surface area contributed by atoms with Crippen molar-refractivity contribution in [1.82, 2.24) is 10.3 Å². The van der Waals surface area contributed by atoms with Crippen LogP contribution >= 0.6 is 11.3 Å². The standard InChI is InChI=1S/C23H19FN4OS/c1-2-27-23(28-25)22-17(13-19(30-22)15-9-11-26-12-10-15)21(29)20-16-6-4-3-5-14(16)7-8-18(20)24/h2-13,21,29H,1,25H2,(H,27,28). The van der Waals surface area contributed by atoms with Gasteiger partial charge in [-0.1, -0.05) is 36.9 Å². The first-order valence-corrected chi connectivity index (χ1v) is 10.0. The van der Waals surface area contributed by atoms with Crippen LogP contribution in [0.1, 0.15) is 22.1 Å². The molecule has 2 aromatic heterocycles. The first-order chi connectivity index (χ1) is 14.6. The van der Waals surface area contributed by atoms with E-state index in [1.807, 2.05) is 36.4 Å². The molecule has 0 aliphatic heterocycles. The predicted octanol–water partition coefficient (Wildman–Crippen LogP) is 4.54. The maximum atomic E-state index is 14.9. The summed E-state index contributed by atoms with van der Waals surface area (Å²) in [5.74, 6) is 5.44. The van der Waals surface area contributed by atoms with Crippen molar-refractivity contribution in [2.75, 3.05) is 0 Å². The molecule has 0 spiro atoms. The first-order valence-electron chi connectivity index (χ1n) is 9.19. The van der Waals surface area contributed by atoms with Crippen LogP contribution in [-0.2, 0) is 0 Å². The fourth-order valence-electron chi connectivity index (χ4n) is 3.41. The van der Waals surface area contributed by atoms with E-state index >= 15 is 0 Å². The molecule has 4 rings (SSSR count). The monoisotopic (exact) mass is 418 g/mol. The second kappa shape index (κ2) is 8.44. The second-order valence-electron chi connectivity index (χ2n) is 6.54. The van der Waals surface area contributed by atoms with Gasteiger partial charge in [0.2, 0.25) is 0 Å². The molecule has 4 N–H and O–H groups in total. The molecule has 0 aliphatic rings. The summed E-state index contributed by atoms with van der Waals surface area (Å²) < 4.78 is 14.9. The quantitative estimate of drug-likeness (QED) is 0.192. The van der Waals surface area contributed by atoms with Gasteiger partial charge in [-0.25, -0.2) is 4.39 Å². The van der Waals surface area contributed by atoms with Crippen LogP contribution in [0.5, 0.6) is 0 Å². The molecule has 5 nitrogen and oxygen atoms in total. The third-order valence-electron chi connectivity index (χ3n) is 4.79. The van der Waals surface area contributed by atoms with Crippen LogP contribution in [-0.4, -0.2) is 15.9 Å². The van der Waals surface area contributed by atoms with Crippen molar-refractivity contribution in [2.45, 2.75) is 6.10 Å². The summed E-state index contributed by atoms with van der Waals surface area (Å²) in [6.07, 6.45) is 3.61. The number of amidine groups is 1. The average molecular weight is 418 g/mol. The number of nitrogens with two attached hydrogens (primary N) is 1. The van der Waals surface area contributed by atoms with Crippen molar-refractivity contribution in [3.05, 3.63) is 102 Å². The number of nitrogens with one attached hydrogen (secondary N) is 1. The summed E-state index contributed by atoms with van der Waals surface area (Å²) in [6.45, 7) is 3.65. The average Bonchev–Trinajstić information content (AvgIpc) is 3.23. The number of thiophene rings is 1. The Morgan fingerprint density at radius 2 is 1.97 bits per heavy atom. The normalized spacial score (nSPS) is 12.7. The van der Waals surface area contributed by atoms with E-state index in [9.17, 15) is 9.50 Å². The molecule has 2 heterocycles. The van der Waals surface area contributed by atoms with Crippen LogP contribution in [0.3, 0.4) is 0 Å². The lowest BCUT2D eigenvalue weighted by Crippen LogP contribution is -2.21. The number of hydrogen-bond donors (Lipinski definition) is 3. The Bertz CT molecular complexity index is 1240. The third-order valence-corrected chi connectivity index (χ3v) is 6.00. The Hall–Kier alpha value is -3.55.